The van der Waals surface area contributed by atoms with E-state index < -0.39 is 5.97 Å². The highest BCUT2D eigenvalue weighted by Crippen LogP contribution is 2.29. The summed E-state index contributed by atoms with van der Waals surface area (Å²) in [6.07, 6.45) is 3.02. The van der Waals surface area contributed by atoms with Gasteiger partial charge in [0.1, 0.15) is 5.52 Å². The van der Waals surface area contributed by atoms with Crippen LogP contribution < -0.4 is 5.32 Å². The molecule has 2 N–H and O–H groups in total. The van der Waals surface area contributed by atoms with Crippen molar-refractivity contribution >= 4 is 45.5 Å². The molecule has 34 heavy (non-hydrogen) atoms. The quantitative estimate of drug-likeness (QED) is 0.355. The number of hydrogen-bond acceptors (Lipinski definition) is 5. The largest absolute Gasteiger partial charge is 0.478 e. The van der Waals surface area contributed by atoms with E-state index in [1.807, 2.05) is 25.1 Å². The lowest BCUT2D eigenvalue weighted by Gasteiger charge is -2.16. The van der Waals surface area contributed by atoms with Gasteiger partial charge in [0, 0.05) is 5.02 Å². The third-order valence-corrected chi connectivity index (χ3v) is 5.93. The van der Waals surface area contributed by atoms with Gasteiger partial charge in [-0.3, -0.25) is 9.48 Å². The number of carbonyl (C=O) groups is 2. The van der Waals surface area contributed by atoms with E-state index in [0.29, 0.717) is 39.1 Å². The smallest absolute Gasteiger partial charge is 0.335 e. The van der Waals surface area contributed by atoms with Gasteiger partial charge in [-0.05, 0) is 48.4 Å². The van der Waals surface area contributed by atoms with Crippen molar-refractivity contribution in [2.75, 3.05) is 0 Å². The predicted octanol–water partition coefficient (Wildman–Crippen LogP) is 5.07. The van der Waals surface area contributed by atoms with Gasteiger partial charge >= 0.3 is 5.97 Å². The number of hydrogen-bond donors (Lipinski definition) is 2. The highest BCUT2D eigenvalue weighted by molar-refractivity contribution is 6.30. The van der Waals surface area contributed by atoms with Crippen molar-refractivity contribution in [3.05, 3.63) is 94.5 Å². The van der Waals surface area contributed by atoms with Crippen LogP contribution in [-0.4, -0.2) is 31.7 Å². The molecular weight excluding hydrogens is 456 g/mol. The molecule has 0 saturated carbocycles. The highest BCUT2D eigenvalue weighted by atomic mass is 35.5. The highest BCUT2D eigenvalue weighted by Gasteiger charge is 2.21. The lowest BCUT2D eigenvalue weighted by molar-refractivity contribution is 0.0696. The molecular formula is C25H19ClN4O4. The molecule has 1 amide bonds. The van der Waals surface area contributed by atoms with Crippen LogP contribution in [0.4, 0.5) is 0 Å². The molecule has 0 aliphatic carbocycles. The van der Waals surface area contributed by atoms with Crippen molar-refractivity contribution in [1.82, 2.24) is 20.1 Å². The second-order valence-corrected chi connectivity index (χ2v) is 8.38. The third kappa shape index (κ3) is 3.99. The molecule has 5 aromatic rings. The molecule has 1 atom stereocenters. The third-order valence-electron chi connectivity index (χ3n) is 5.69. The second kappa shape index (κ2) is 8.64. The van der Waals surface area contributed by atoms with E-state index in [-0.39, 0.29) is 17.5 Å². The van der Waals surface area contributed by atoms with Crippen LogP contribution in [-0.2, 0) is 6.54 Å². The van der Waals surface area contributed by atoms with Gasteiger partial charge in [0.15, 0.2) is 12.0 Å². The lowest BCUT2D eigenvalue weighted by Crippen LogP contribution is -2.27. The summed E-state index contributed by atoms with van der Waals surface area (Å²) >= 11 is 6.14. The zero-order valence-electron chi connectivity index (χ0n) is 18.0. The molecule has 0 unspecified atom stereocenters. The predicted molar refractivity (Wildman–Crippen MR) is 127 cm³/mol. The summed E-state index contributed by atoms with van der Waals surface area (Å²) in [5, 5.41) is 17.9. The average Bonchev–Trinajstić information content (AvgIpc) is 3.45. The fourth-order valence-electron chi connectivity index (χ4n) is 3.98. The molecule has 9 heteroatoms. The molecule has 2 heterocycles. The molecule has 0 saturated heterocycles. The minimum absolute atomic E-state index is 0.185. The molecule has 0 radical (unpaired) electrons. The first-order chi connectivity index (χ1) is 16.4. The van der Waals surface area contributed by atoms with Crippen molar-refractivity contribution in [2.45, 2.75) is 19.5 Å². The summed E-state index contributed by atoms with van der Waals surface area (Å²) in [5.41, 5.74) is 4.04. The number of benzene rings is 3. The number of carbonyl (C=O) groups excluding carboxylic acids is 1. The van der Waals surface area contributed by atoms with Crippen LogP contribution in [0.15, 0.2) is 71.6 Å². The van der Waals surface area contributed by atoms with Gasteiger partial charge in [-0.2, -0.15) is 5.10 Å². The first kappa shape index (κ1) is 21.7. The molecule has 3 aromatic carbocycles. The molecule has 0 aliphatic rings. The van der Waals surface area contributed by atoms with Gasteiger partial charge in [0.2, 0.25) is 0 Å². The zero-order chi connectivity index (χ0) is 23.8. The summed E-state index contributed by atoms with van der Waals surface area (Å²) in [5.74, 6) is -1.31. The number of rotatable bonds is 6. The Bertz CT molecular complexity index is 1540. The summed E-state index contributed by atoms with van der Waals surface area (Å²) in [6, 6.07) is 15.2. The number of aromatic carboxylic acids is 1. The number of nitrogens with zero attached hydrogens (tertiary/aromatic N) is 3. The first-order valence-corrected chi connectivity index (χ1v) is 10.9. The maximum absolute atomic E-state index is 13.4. The standard InChI is InChI=1S/C25H19ClN4O4/c1-14(16-5-7-17(8-6-16)25(32)33)29-24(31)19-10-21-22(27-13-34-21)20-11-28-30(23(19)20)12-15-3-2-4-18(26)9-15/h2-11,13-14H,12H2,1H3,(H,29,31)(H,32,33)/t14-/m0/s1. The Morgan fingerprint density at radius 3 is 2.71 bits per heavy atom. The molecule has 5 rings (SSSR count). The van der Waals surface area contributed by atoms with Crippen LogP contribution in [0, 0.1) is 0 Å². The molecule has 8 nitrogen and oxygen atoms in total. The van der Waals surface area contributed by atoms with Crippen LogP contribution in [0.25, 0.3) is 22.0 Å². The Kier molecular flexibility index (Phi) is 5.51. The fourth-order valence-corrected chi connectivity index (χ4v) is 4.19. The van der Waals surface area contributed by atoms with E-state index in [9.17, 15) is 9.59 Å². The van der Waals surface area contributed by atoms with Crippen molar-refractivity contribution < 1.29 is 19.1 Å². The van der Waals surface area contributed by atoms with Gasteiger partial charge in [-0.25, -0.2) is 9.78 Å². The maximum atomic E-state index is 13.4. The van der Waals surface area contributed by atoms with Crippen molar-refractivity contribution in [3.63, 3.8) is 0 Å². The number of amides is 1. The van der Waals surface area contributed by atoms with E-state index >= 15 is 0 Å². The van der Waals surface area contributed by atoms with E-state index in [1.54, 1.807) is 35.1 Å². The van der Waals surface area contributed by atoms with Crippen molar-refractivity contribution in [2.24, 2.45) is 0 Å². The summed E-state index contributed by atoms with van der Waals surface area (Å²) in [4.78, 5) is 28.8. The van der Waals surface area contributed by atoms with E-state index in [2.05, 4.69) is 15.4 Å². The minimum Gasteiger partial charge on any atom is -0.478 e. The molecule has 170 valence electrons. The monoisotopic (exact) mass is 474 g/mol. The van der Waals surface area contributed by atoms with E-state index in [1.165, 1.54) is 18.5 Å². The number of oxazole rings is 1. The summed E-state index contributed by atoms with van der Waals surface area (Å²) in [6.45, 7) is 2.25. The Morgan fingerprint density at radius 2 is 1.97 bits per heavy atom. The SMILES string of the molecule is C[C@H](NC(=O)c1cc2ocnc2c2cnn(Cc3cccc(Cl)c3)c12)c1ccc(C(=O)O)cc1. The number of carboxylic acid groups (broad SMARTS) is 1. The average molecular weight is 475 g/mol. The van der Waals surface area contributed by atoms with E-state index in [4.69, 9.17) is 21.1 Å². The Balaban J connectivity index is 1.52. The maximum Gasteiger partial charge on any atom is 0.335 e. The van der Waals surface area contributed by atoms with Crippen LogP contribution in [0.5, 0.6) is 0 Å². The number of nitrogens with one attached hydrogen (secondary N) is 1. The molecule has 0 aliphatic heterocycles. The van der Waals surface area contributed by atoms with E-state index in [0.717, 1.165) is 11.1 Å². The minimum atomic E-state index is -1.00. The van der Waals surface area contributed by atoms with Crippen LogP contribution in [0.3, 0.4) is 0 Å². The van der Waals surface area contributed by atoms with Gasteiger partial charge in [-0.15, -0.1) is 0 Å². The molecule has 2 aromatic heterocycles. The summed E-state index contributed by atoms with van der Waals surface area (Å²) in [7, 11) is 0. The molecule has 0 bridgehead atoms. The lowest BCUT2D eigenvalue weighted by atomic mass is 10.0. The van der Waals surface area contributed by atoms with Crippen LogP contribution in [0.1, 0.15) is 44.8 Å². The molecule has 0 fully saturated rings. The number of halogens is 1. The van der Waals surface area contributed by atoms with Crippen LogP contribution >= 0.6 is 11.6 Å². The van der Waals surface area contributed by atoms with Crippen LogP contribution in [0.2, 0.25) is 5.02 Å². The molecule has 0 spiro atoms. The van der Waals surface area contributed by atoms with Gasteiger partial charge in [0.25, 0.3) is 5.91 Å². The van der Waals surface area contributed by atoms with Crippen molar-refractivity contribution in [3.8, 4) is 0 Å². The van der Waals surface area contributed by atoms with Gasteiger partial charge in [-0.1, -0.05) is 35.9 Å². The Labute approximate surface area is 198 Å². The zero-order valence-corrected chi connectivity index (χ0v) is 18.8. The van der Waals surface area contributed by atoms with Gasteiger partial charge in [0.05, 0.1) is 40.8 Å². The number of fused-ring (bicyclic) bond motifs is 3. The second-order valence-electron chi connectivity index (χ2n) is 7.94. The van der Waals surface area contributed by atoms with Crippen molar-refractivity contribution in [1.29, 1.82) is 0 Å². The normalized spacial score (nSPS) is 12.2. The number of aromatic nitrogens is 3. The topological polar surface area (TPSA) is 110 Å². The number of carboxylic acids is 1. The van der Waals surface area contributed by atoms with Gasteiger partial charge < -0.3 is 14.8 Å². The first-order valence-electron chi connectivity index (χ1n) is 10.5. The summed E-state index contributed by atoms with van der Waals surface area (Å²) < 4.78 is 7.23. The fraction of sp³-hybridized carbons (Fsp3) is 0.120. The Hall–Kier alpha value is -4.17. The Morgan fingerprint density at radius 1 is 1.18 bits per heavy atom.